The van der Waals surface area contributed by atoms with E-state index in [1.165, 1.54) is 26.3 Å². The molecule has 0 unspecified atom stereocenters. The van der Waals surface area contributed by atoms with Gasteiger partial charge in [-0.3, -0.25) is 9.63 Å². The molecule has 0 fully saturated rings. The van der Waals surface area contributed by atoms with Crippen LogP contribution in [0, 0.1) is 0 Å². The highest BCUT2D eigenvalue weighted by molar-refractivity contribution is 5.80. The van der Waals surface area contributed by atoms with E-state index in [2.05, 4.69) is 9.57 Å². The maximum Gasteiger partial charge on any atom is 0.439 e. The van der Waals surface area contributed by atoms with Gasteiger partial charge < -0.3 is 4.74 Å². The second-order valence-corrected chi connectivity index (χ2v) is 3.37. The van der Waals surface area contributed by atoms with Crippen LogP contribution in [0.4, 0.5) is 8.78 Å². The monoisotopic (exact) mass is 197 g/mol. The molecule has 0 saturated carbocycles. The van der Waals surface area contributed by atoms with Crippen molar-refractivity contribution in [3.63, 3.8) is 0 Å². The third-order valence-electron chi connectivity index (χ3n) is 0.893. The molecule has 13 heavy (non-hydrogen) atoms. The Bertz CT molecular complexity index is 189. The van der Waals surface area contributed by atoms with Gasteiger partial charge >= 0.3 is 12.0 Å². The summed E-state index contributed by atoms with van der Waals surface area (Å²) in [5, 5.41) is 0. The van der Waals surface area contributed by atoms with Gasteiger partial charge in [0.25, 0.3) is 0 Å². The second-order valence-electron chi connectivity index (χ2n) is 3.37. The van der Waals surface area contributed by atoms with Crippen LogP contribution >= 0.6 is 0 Å². The number of ether oxygens (including phenoxy) is 1. The number of halogens is 2. The molecule has 0 aliphatic heterocycles. The van der Waals surface area contributed by atoms with Gasteiger partial charge in [-0.05, 0) is 20.8 Å². The molecule has 0 heterocycles. The molecule has 0 rings (SSSR count). The van der Waals surface area contributed by atoms with E-state index in [4.69, 9.17) is 0 Å². The van der Waals surface area contributed by atoms with Crippen LogP contribution in [0.3, 0.4) is 0 Å². The standard InChI is InChI=1S/C7H13F2NO3/c1-6(2,3)13-7(8,9)5(11)10-12-4/h1-4H3,(H,10,11). The van der Waals surface area contributed by atoms with Gasteiger partial charge in [-0.2, -0.15) is 8.78 Å². The van der Waals surface area contributed by atoms with E-state index in [0.717, 1.165) is 7.11 Å². The highest BCUT2D eigenvalue weighted by Gasteiger charge is 2.44. The maximum atomic E-state index is 12.8. The molecule has 0 radical (unpaired) electrons. The first-order valence-corrected chi connectivity index (χ1v) is 3.60. The lowest BCUT2D eigenvalue weighted by atomic mass is 10.2. The van der Waals surface area contributed by atoms with Crippen LogP contribution in [0.5, 0.6) is 0 Å². The van der Waals surface area contributed by atoms with Crippen molar-refractivity contribution in [2.24, 2.45) is 0 Å². The topological polar surface area (TPSA) is 47.6 Å². The molecule has 0 aliphatic rings. The molecule has 1 amide bonds. The number of alkyl halides is 2. The number of amides is 1. The highest BCUT2D eigenvalue weighted by Crippen LogP contribution is 2.23. The summed E-state index contributed by atoms with van der Waals surface area (Å²) in [5.74, 6) is -1.62. The van der Waals surface area contributed by atoms with Gasteiger partial charge in [-0.1, -0.05) is 0 Å². The minimum absolute atomic E-state index is 1.06. The lowest BCUT2D eigenvalue weighted by Gasteiger charge is -2.25. The van der Waals surface area contributed by atoms with Crippen LogP contribution in [0.15, 0.2) is 0 Å². The number of carbonyl (C=O) groups is 1. The molecule has 4 nitrogen and oxygen atoms in total. The zero-order valence-corrected chi connectivity index (χ0v) is 7.98. The Balaban J connectivity index is 4.30. The van der Waals surface area contributed by atoms with Crippen LogP contribution in [0.25, 0.3) is 0 Å². The van der Waals surface area contributed by atoms with Crippen LogP contribution in [-0.2, 0) is 14.4 Å². The fraction of sp³-hybridized carbons (Fsp3) is 0.857. The Kier molecular flexibility index (Phi) is 3.74. The normalized spacial score (nSPS) is 12.8. The number of hydrogen-bond acceptors (Lipinski definition) is 3. The largest absolute Gasteiger partial charge is 0.439 e. The van der Waals surface area contributed by atoms with Gasteiger partial charge in [0, 0.05) is 0 Å². The zero-order chi connectivity index (χ0) is 10.7. The number of hydroxylamine groups is 1. The third-order valence-corrected chi connectivity index (χ3v) is 0.893. The molecule has 1 N–H and O–H groups in total. The highest BCUT2D eigenvalue weighted by atomic mass is 19.3. The number of rotatable bonds is 3. The van der Waals surface area contributed by atoms with E-state index in [1.54, 1.807) is 0 Å². The summed E-state index contributed by atoms with van der Waals surface area (Å²) in [6, 6.07) is 0. The maximum absolute atomic E-state index is 12.8. The number of carbonyl (C=O) groups excluding carboxylic acids is 1. The van der Waals surface area contributed by atoms with Crippen molar-refractivity contribution < 1.29 is 23.1 Å². The van der Waals surface area contributed by atoms with Gasteiger partial charge in [0.05, 0.1) is 12.7 Å². The summed E-state index contributed by atoms with van der Waals surface area (Å²) in [6.07, 6.45) is -3.88. The van der Waals surface area contributed by atoms with E-state index < -0.39 is 17.6 Å². The van der Waals surface area contributed by atoms with Gasteiger partial charge in [0.1, 0.15) is 0 Å². The summed E-state index contributed by atoms with van der Waals surface area (Å²) in [6.45, 7) is 4.25. The van der Waals surface area contributed by atoms with Gasteiger partial charge in [-0.15, -0.1) is 0 Å². The first-order chi connectivity index (χ1) is 5.69. The Hall–Kier alpha value is -0.750. The third kappa shape index (κ3) is 4.74. The summed E-state index contributed by atoms with van der Waals surface area (Å²) >= 11 is 0. The molecule has 0 aromatic rings. The van der Waals surface area contributed by atoms with Crippen LogP contribution in [0.1, 0.15) is 20.8 Å². The van der Waals surface area contributed by atoms with E-state index >= 15 is 0 Å². The fourth-order valence-corrected chi connectivity index (χ4v) is 0.583. The second kappa shape index (κ2) is 3.97. The molecule has 6 heteroatoms. The zero-order valence-electron chi connectivity index (χ0n) is 7.98. The molecular weight excluding hydrogens is 184 g/mol. The van der Waals surface area contributed by atoms with Crippen LogP contribution in [0.2, 0.25) is 0 Å². The lowest BCUT2D eigenvalue weighted by molar-refractivity contribution is -0.272. The van der Waals surface area contributed by atoms with Gasteiger partial charge in [0.2, 0.25) is 0 Å². The smallest absolute Gasteiger partial charge is 0.307 e. The molecule has 78 valence electrons. The number of hydrogen-bond donors (Lipinski definition) is 1. The average Bonchev–Trinajstić information content (AvgIpc) is 1.82. The van der Waals surface area contributed by atoms with Gasteiger partial charge in [-0.25, -0.2) is 5.48 Å². The molecule has 0 bridgehead atoms. The summed E-state index contributed by atoms with van der Waals surface area (Å²) in [7, 11) is 1.06. The molecule has 0 aromatic heterocycles. The molecule has 0 spiro atoms. The SMILES string of the molecule is CONC(=O)C(F)(F)OC(C)(C)C. The van der Waals surface area contributed by atoms with Crippen molar-refractivity contribution >= 4 is 5.91 Å². The van der Waals surface area contributed by atoms with Crippen LogP contribution in [-0.4, -0.2) is 24.7 Å². The molecule has 0 aromatic carbocycles. The molecule has 0 aliphatic carbocycles. The van der Waals surface area contributed by atoms with Crippen molar-refractivity contribution in [3.05, 3.63) is 0 Å². The predicted molar refractivity (Wildman–Crippen MR) is 40.9 cm³/mol. The minimum atomic E-state index is -3.88. The Labute approximate surface area is 75.2 Å². The van der Waals surface area contributed by atoms with E-state index in [9.17, 15) is 13.6 Å². The Morgan fingerprint density at radius 3 is 2.08 bits per heavy atom. The Morgan fingerprint density at radius 2 is 1.77 bits per heavy atom. The summed E-state index contributed by atoms with van der Waals surface area (Å²) < 4.78 is 29.8. The fourth-order valence-electron chi connectivity index (χ4n) is 0.583. The lowest BCUT2D eigenvalue weighted by Crippen LogP contribution is -2.45. The predicted octanol–water partition coefficient (Wildman–Crippen LogP) is 1.07. The van der Waals surface area contributed by atoms with Crippen molar-refractivity contribution in [2.75, 3.05) is 7.11 Å². The quantitative estimate of drug-likeness (QED) is 0.688. The number of nitrogens with one attached hydrogen (secondary N) is 1. The molecular formula is C7H13F2NO3. The summed E-state index contributed by atoms with van der Waals surface area (Å²) in [4.78, 5) is 14.7. The van der Waals surface area contributed by atoms with Crippen LogP contribution < -0.4 is 5.48 Å². The van der Waals surface area contributed by atoms with Crippen molar-refractivity contribution in [3.8, 4) is 0 Å². The summed E-state index contributed by atoms with van der Waals surface area (Å²) in [5.41, 5.74) is 0.392. The molecule has 0 atom stereocenters. The Morgan fingerprint density at radius 1 is 1.31 bits per heavy atom. The van der Waals surface area contributed by atoms with Crippen molar-refractivity contribution in [2.45, 2.75) is 32.5 Å². The van der Waals surface area contributed by atoms with Crippen molar-refractivity contribution in [1.82, 2.24) is 5.48 Å². The molecule has 0 saturated heterocycles. The van der Waals surface area contributed by atoms with E-state index in [1.807, 2.05) is 0 Å². The van der Waals surface area contributed by atoms with E-state index in [0.29, 0.717) is 0 Å². The first kappa shape index (κ1) is 12.2. The minimum Gasteiger partial charge on any atom is -0.307 e. The first-order valence-electron chi connectivity index (χ1n) is 3.60. The van der Waals surface area contributed by atoms with Crippen molar-refractivity contribution in [1.29, 1.82) is 0 Å². The van der Waals surface area contributed by atoms with Gasteiger partial charge in [0.15, 0.2) is 0 Å². The van der Waals surface area contributed by atoms with E-state index in [-0.39, 0.29) is 0 Å². The average molecular weight is 197 g/mol.